The first-order valence-electron chi connectivity index (χ1n) is 8.09. The summed E-state index contributed by atoms with van der Waals surface area (Å²) in [4.78, 5) is 15.8. The second kappa shape index (κ2) is 14.3. The quantitative estimate of drug-likeness (QED) is 0.215. The normalized spacial score (nSPS) is 10.9. The van der Waals surface area contributed by atoms with Crippen molar-refractivity contribution in [2.75, 3.05) is 19.6 Å². The van der Waals surface area contributed by atoms with Crippen molar-refractivity contribution in [2.24, 2.45) is 10.7 Å². The van der Waals surface area contributed by atoms with Crippen molar-refractivity contribution >= 4 is 35.8 Å². The average molecular weight is 436 g/mol. The molecule has 1 amide bonds. The van der Waals surface area contributed by atoms with E-state index in [4.69, 9.17) is 10.2 Å². The fourth-order valence-corrected chi connectivity index (χ4v) is 2.01. The molecule has 0 aliphatic rings. The Bertz CT molecular complexity index is 435. The van der Waals surface area contributed by atoms with Gasteiger partial charge in [-0.15, -0.1) is 24.0 Å². The fourth-order valence-electron chi connectivity index (χ4n) is 2.01. The molecule has 0 aromatic carbocycles. The van der Waals surface area contributed by atoms with Gasteiger partial charge < -0.3 is 20.8 Å². The lowest BCUT2D eigenvalue weighted by Crippen LogP contribution is -2.38. The van der Waals surface area contributed by atoms with E-state index in [0.29, 0.717) is 24.8 Å². The number of rotatable bonds is 11. The number of hydrogen-bond donors (Lipinski definition) is 3. The molecule has 0 aliphatic heterocycles. The average Bonchev–Trinajstić information content (AvgIpc) is 3.05. The first-order valence-corrected chi connectivity index (χ1v) is 8.09. The van der Waals surface area contributed by atoms with Crippen molar-refractivity contribution in [1.82, 2.24) is 10.6 Å². The second-order valence-corrected chi connectivity index (χ2v) is 5.19. The van der Waals surface area contributed by atoms with Crippen molar-refractivity contribution in [3.63, 3.8) is 0 Å². The van der Waals surface area contributed by atoms with Crippen LogP contribution in [-0.2, 0) is 0 Å². The molecule has 0 atom stereocenters. The maximum atomic E-state index is 11.6. The predicted octanol–water partition coefficient (Wildman–Crippen LogP) is 2.89. The Hall–Kier alpha value is -1.25. The third-order valence-corrected chi connectivity index (χ3v) is 3.26. The van der Waals surface area contributed by atoms with Crippen molar-refractivity contribution in [3.8, 4) is 0 Å². The third-order valence-electron chi connectivity index (χ3n) is 3.26. The van der Waals surface area contributed by atoms with E-state index in [1.165, 1.54) is 38.4 Å². The Morgan fingerprint density at radius 3 is 2.57 bits per heavy atom. The fraction of sp³-hybridized carbons (Fsp3) is 0.625. The topological polar surface area (TPSA) is 92.6 Å². The molecular formula is C16H29IN4O2. The molecular weight excluding hydrogens is 407 g/mol. The Morgan fingerprint density at radius 1 is 1.17 bits per heavy atom. The highest BCUT2D eigenvalue weighted by molar-refractivity contribution is 14.0. The zero-order chi connectivity index (χ0) is 16.0. The van der Waals surface area contributed by atoms with Crippen LogP contribution in [0, 0.1) is 0 Å². The minimum absolute atomic E-state index is 0. The van der Waals surface area contributed by atoms with E-state index in [9.17, 15) is 4.79 Å². The smallest absolute Gasteiger partial charge is 0.287 e. The largest absolute Gasteiger partial charge is 0.459 e. The van der Waals surface area contributed by atoms with E-state index in [1.807, 2.05) is 0 Å². The zero-order valence-corrected chi connectivity index (χ0v) is 16.2. The molecule has 0 unspecified atom stereocenters. The summed E-state index contributed by atoms with van der Waals surface area (Å²) in [5.74, 6) is 0.514. The molecule has 23 heavy (non-hydrogen) atoms. The number of nitrogens with one attached hydrogen (secondary N) is 2. The summed E-state index contributed by atoms with van der Waals surface area (Å²) in [7, 11) is 0. The standard InChI is InChI=1S/C16H28N4O2.HI/c1-2-3-4-5-6-7-10-19-16(17)20-12-11-18-15(21)14-9-8-13-22-14;/h8-9,13H,2-7,10-12H2,1H3,(H,18,21)(H3,17,19,20);1H. The summed E-state index contributed by atoms with van der Waals surface area (Å²) in [5, 5.41) is 5.71. The molecule has 0 aliphatic carbocycles. The lowest BCUT2D eigenvalue weighted by Gasteiger charge is -2.06. The van der Waals surface area contributed by atoms with Gasteiger partial charge in [-0.1, -0.05) is 39.0 Å². The van der Waals surface area contributed by atoms with Gasteiger partial charge in [0.15, 0.2) is 11.7 Å². The summed E-state index contributed by atoms with van der Waals surface area (Å²) in [6.07, 6.45) is 8.92. The van der Waals surface area contributed by atoms with Crippen LogP contribution in [0.5, 0.6) is 0 Å². The summed E-state index contributed by atoms with van der Waals surface area (Å²) in [5.41, 5.74) is 5.76. The number of carbonyl (C=O) groups excluding carboxylic acids is 1. The van der Waals surface area contributed by atoms with Crippen LogP contribution in [0.25, 0.3) is 0 Å². The number of nitrogens with zero attached hydrogens (tertiary/aromatic N) is 1. The monoisotopic (exact) mass is 436 g/mol. The van der Waals surface area contributed by atoms with Crippen LogP contribution in [0.1, 0.15) is 56.0 Å². The highest BCUT2D eigenvalue weighted by Gasteiger charge is 2.06. The maximum absolute atomic E-state index is 11.6. The van der Waals surface area contributed by atoms with Gasteiger partial charge in [-0.2, -0.15) is 0 Å². The zero-order valence-electron chi connectivity index (χ0n) is 13.8. The number of hydrogen-bond acceptors (Lipinski definition) is 3. The molecule has 0 saturated heterocycles. The minimum Gasteiger partial charge on any atom is -0.459 e. The van der Waals surface area contributed by atoms with Crippen LogP contribution in [0.3, 0.4) is 0 Å². The number of halogens is 1. The van der Waals surface area contributed by atoms with Gasteiger partial charge in [0.2, 0.25) is 0 Å². The van der Waals surface area contributed by atoms with E-state index in [0.717, 1.165) is 13.0 Å². The molecule has 7 heteroatoms. The van der Waals surface area contributed by atoms with Gasteiger partial charge in [0.25, 0.3) is 5.91 Å². The molecule has 1 aromatic rings. The first kappa shape index (κ1) is 21.8. The van der Waals surface area contributed by atoms with Crippen molar-refractivity contribution < 1.29 is 9.21 Å². The molecule has 0 bridgehead atoms. The third kappa shape index (κ3) is 11.0. The molecule has 1 aromatic heterocycles. The Labute approximate surface area is 155 Å². The Kier molecular flexibility index (Phi) is 13.6. The number of unbranched alkanes of at least 4 members (excludes halogenated alkanes) is 5. The van der Waals surface area contributed by atoms with Crippen LogP contribution in [-0.4, -0.2) is 31.5 Å². The van der Waals surface area contributed by atoms with Crippen LogP contribution in [0.2, 0.25) is 0 Å². The summed E-state index contributed by atoms with van der Waals surface area (Å²) in [6, 6.07) is 3.30. The van der Waals surface area contributed by atoms with E-state index in [2.05, 4.69) is 22.5 Å². The van der Waals surface area contributed by atoms with E-state index in [-0.39, 0.29) is 29.9 Å². The van der Waals surface area contributed by atoms with Gasteiger partial charge in [-0.25, -0.2) is 0 Å². The number of carbonyl (C=O) groups is 1. The SMILES string of the molecule is CCCCCCCCN=C(N)NCCNC(=O)c1ccco1.I. The second-order valence-electron chi connectivity index (χ2n) is 5.19. The summed E-state index contributed by atoms with van der Waals surface area (Å²) < 4.78 is 4.99. The van der Waals surface area contributed by atoms with Gasteiger partial charge in [-0.3, -0.25) is 9.79 Å². The molecule has 0 radical (unpaired) electrons. The van der Waals surface area contributed by atoms with Crippen molar-refractivity contribution in [1.29, 1.82) is 0 Å². The van der Waals surface area contributed by atoms with Gasteiger partial charge in [0, 0.05) is 19.6 Å². The van der Waals surface area contributed by atoms with Gasteiger partial charge in [0.1, 0.15) is 0 Å². The molecule has 132 valence electrons. The number of amides is 1. The van der Waals surface area contributed by atoms with E-state index in [1.54, 1.807) is 12.1 Å². The maximum Gasteiger partial charge on any atom is 0.287 e. The molecule has 0 fully saturated rings. The molecule has 1 heterocycles. The number of furan rings is 1. The van der Waals surface area contributed by atoms with Crippen molar-refractivity contribution in [2.45, 2.75) is 45.4 Å². The number of guanidine groups is 1. The Morgan fingerprint density at radius 2 is 1.87 bits per heavy atom. The summed E-state index contributed by atoms with van der Waals surface area (Å²) in [6.45, 7) is 3.97. The molecule has 1 rings (SSSR count). The minimum atomic E-state index is -0.227. The first-order chi connectivity index (χ1) is 10.7. The number of nitrogens with two attached hydrogens (primary N) is 1. The predicted molar refractivity (Wildman–Crippen MR) is 104 cm³/mol. The number of aliphatic imine (C=N–C) groups is 1. The van der Waals surface area contributed by atoms with E-state index >= 15 is 0 Å². The van der Waals surface area contributed by atoms with Gasteiger partial charge in [0.05, 0.1) is 6.26 Å². The van der Waals surface area contributed by atoms with Crippen LogP contribution < -0.4 is 16.4 Å². The Balaban J connectivity index is 0.00000484. The molecule has 0 spiro atoms. The lowest BCUT2D eigenvalue weighted by molar-refractivity contribution is 0.0926. The van der Waals surface area contributed by atoms with Crippen molar-refractivity contribution in [3.05, 3.63) is 24.2 Å². The van der Waals surface area contributed by atoms with Crippen LogP contribution in [0.4, 0.5) is 0 Å². The molecule has 6 nitrogen and oxygen atoms in total. The van der Waals surface area contributed by atoms with Crippen LogP contribution >= 0.6 is 24.0 Å². The highest BCUT2D eigenvalue weighted by atomic mass is 127. The highest BCUT2D eigenvalue weighted by Crippen LogP contribution is 2.04. The van der Waals surface area contributed by atoms with Crippen LogP contribution in [0.15, 0.2) is 27.8 Å². The van der Waals surface area contributed by atoms with Gasteiger partial charge in [-0.05, 0) is 18.6 Å². The van der Waals surface area contributed by atoms with E-state index < -0.39 is 0 Å². The van der Waals surface area contributed by atoms with Gasteiger partial charge >= 0.3 is 0 Å². The molecule has 0 saturated carbocycles. The summed E-state index contributed by atoms with van der Waals surface area (Å²) >= 11 is 0. The lowest BCUT2D eigenvalue weighted by atomic mass is 10.1. The molecule has 4 N–H and O–H groups in total.